The van der Waals surface area contributed by atoms with Gasteiger partial charge in [-0.25, -0.2) is 4.98 Å². The van der Waals surface area contributed by atoms with Gasteiger partial charge in [0.2, 0.25) is 5.91 Å². The predicted octanol–water partition coefficient (Wildman–Crippen LogP) is 2.04. The minimum absolute atomic E-state index is 0.101. The van der Waals surface area contributed by atoms with Crippen LogP contribution in [0.25, 0.3) is 0 Å². The average Bonchev–Trinajstić information content (AvgIpc) is 3.48. The molecule has 9 heteroatoms. The fourth-order valence-corrected chi connectivity index (χ4v) is 4.89. The number of nitrogens with zero attached hydrogens (tertiary/aromatic N) is 4. The number of nitrogens with one attached hydrogen (secondary N) is 1. The SMILES string of the molecule is CCOCC(=O)N1C[C@@H]2CN(Cc3nc(CC)n[nH]3)C[C@@H]2[C@@H]1c1ccccc1C.O=CO. The molecule has 174 valence electrons. The lowest BCUT2D eigenvalue weighted by molar-refractivity contribution is -0.137. The number of ether oxygens (including phenoxy) is 1. The van der Waals surface area contributed by atoms with E-state index in [1.54, 1.807) is 0 Å². The molecule has 0 spiro atoms. The van der Waals surface area contributed by atoms with Crippen LogP contribution in [-0.4, -0.2) is 75.3 Å². The Bertz CT molecular complexity index is 902. The number of aromatic amines is 1. The Balaban J connectivity index is 0.000000913. The first kappa shape index (κ1) is 23.9. The van der Waals surface area contributed by atoms with Crippen molar-refractivity contribution in [2.24, 2.45) is 11.8 Å². The van der Waals surface area contributed by atoms with Gasteiger partial charge in [0.05, 0.1) is 12.6 Å². The summed E-state index contributed by atoms with van der Waals surface area (Å²) in [6.07, 6.45) is 0.841. The lowest BCUT2D eigenvalue weighted by Gasteiger charge is -2.30. The molecular weight excluding hydrogens is 410 g/mol. The van der Waals surface area contributed by atoms with Crippen LogP contribution in [0, 0.1) is 18.8 Å². The van der Waals surface area contributed by atoms with Gasteiger partial charge in [-0.15, -0.1) is 0 Å². The summed E-state index contributed by atoms with van der Waals surface area (Å²) in [6.45, 7) is 10.1. The maximum atomic E-state index is 12.9. The van der Waals surface area contributed by atoms with E-state index >= 15 is 0 Å². The highest BCUT2D eigenvalue weighted by atomic mass is 16.5. The Kier molecular flexibility index (Phi) is 8.35. The van der Waals surface area contributed by atoms with Crippen molar-refractivity contribution in [2.45, 2.75) is 39.8 Å². The molecule has 2 fully saturated rings. The summed E-state index contributed by atoms with van der Waals surface area (Å²) in [5.41, 5.74) is 2.51. The van der Waals surface area contributed by atoms with Crippen molar-refractivity contribution in [3.63, 3.8) is 0 Å². The lowest BCUT2D eigenvalue weighted by atomic mass is 9.87. The number of carbonyl (C=O) groups is 2. The number of carbonyl (C=O) groups excluding carboxylic acids is 1. The molecule has 2 aliphatic heterocycles. The maximum Gasteiger partial charge on any atom is 0.290 e. The smallest absolute Gasteiger partial charge is 0.290 e. The van der Waals surface area contributed by atoms with Crippen molar-refractivity contribution in [3.05, 3.63) is 47.0 Å². The average molecular weight is 444 g/mol. The number of aromatic nitrogens is 3. The summed E-state index contributed by atoms with van der Waals surface area (Å²) >= 11 is 0. The largest absolute Gasteiger partial charge is 0.483 e. The Morgan fingerprint density at radius 3 is 2.69 bits per heavy atom. The van der Waals surface area contributed by atoms with Crippen LogP contribution in [-0.2, 0) is 27.3 Å². The van der Waals surface area contributed by atoms with Gasteiger partial charge >= 0.3 is 0 Å². The van der Waals surface area contributed by atoms with Crippen LogP contribution >= 0.6 is 0 Å². The van der Waals surface area contributed by atoms with Crippen LogP contribution in [0.2, 0.25) is 0 Å². The number of benzene rings is 1. The molecule has 3 atom stereocenters. The number of likely N-dealkylation sites (tertiary alicyclic amines) is 2. The minimum atomic E-state index is -0.250. The van der Waals surface area contributed by atoms with E-state index in [1.165, 1.54) is 11.1 Å². The van der Waals surface area contributed by atoms with Gasteiger partial charge in [0.15, 0.2) is 0 Å². The third-order valence-electron chi connectivity index (χ3n) is 6.26. The number of hydrogen-bond donors (Lipinski definition) is 2. The number of fused-ring (bicyclic) bond motifs is 1. The second-order valence-corrected chi connectivity index (χ2v) is 8.26. The van der Waals surface area contributed by atoms with Gasteiger partial charge in [-0.05, 0) is 30.9 Å². The van der Waals surface area contributed by atoms with Crippen molar-refractivity contribution in [2.75, 3.05) is 32.8 Å². The second-order valence-electron chi connectivity index (χ2n) is 8.26. The first-order valence-electron chi connectivity index (χ1n) is 11.1. The molecule has 2 saturated heterocycles. The molecule has 0 unspecified atom stereocenters. The molecule has 4 rings (SSSR count). The van der Waals surface area contributed by atoms with Crippen molar-refractivity contribution < 1.29 is 19.4 Å². The first-order valence-corrected chi connectivity index (χ1v) is 11.1. The van der Waals surface area contributed by atoms with Gasteiger partial charge in [-0.1, -0.05) is 31.2 Å². The summed E-state index contributed by atoms with van der Waals surface area (Å²) in [5.74, 6) is 2.79. The topological polar surface area (TPSA) is 112 Å². The molecule has 0 radical (unpaired) electrons. The van der Waals surface area contributed by atoms with Crippen LogP contribution < -0.4 is 0 Å². The summed E-state index contributed by atoms with van der Waals surface area (Å²) in [7, 11) is 0. The highest BCUT2D eigenvalue weighted by Crippen LogP contribution is 2.46. The number of amides is 1. The van der Waals surface area contributed by atoms with E-state index in [9.17, 15) is 4.79 Å². The van der Waals surface area contributed by atoms with Crippen molar-refractivity contribution in [3.8, 4) is 0 Å². The third kappa shape index (κ3) is 5.34. The molecule has 2 aromatic rings. The molecule has 2 aliphatic rings. The van der Waals surface area contributed by atoms with Gasteiger partial charge in [-0.3, -0.25) is 19.6 Å². The molecule has 1 aromatic carbocycles. The molecular formula is C23H33N5O4. The Hall–Kier alpha value is -2.78. The van der Waals surface area contributed by atoms with Crippen LogP contribution in [0.4, 0.5) is 0 Å². The third-order valence-corrected chi connectivity index (χ3v) is 6.26. The number of H-pyrrole nitrogens is 1. The van der Waals surface area contributed by atoms with Crippen molar-refractivity contribution in [1.82, 2.24) is 25.0 Å². The van der Waals surface area contributed by atoms with Crippen molar-refractivity contribution in [1.29, 1.82) is 0 Å². The Labute approximate surface area is 188 Å². The minimum Gasteiger partial charge on any atom is -0.483 e. The monoisotopic (exact) mass is 443 g/mol. The number of rotatable bonds is 7. The van der Waals surface area contributed by atoms with Gasteiger partial charge in [0.1, 0.15) is 18.3 Å². The van der Waals surface area contributed by atoms with Crippen LogP contribution in [0.3, 0.4) is 0 Å². The van der Waals surface area contributed by atoms with Crippen LogP contribution in [0.1, 0.15) is 42.7 Å². The molecule has 1 amide bonds. The number of carboxylic acid groups (broad SMARTS) is 1. The van der Waals surface area contributed by atoms with Crippen molar-refractivity contribution >= 4 is 12.4 Å². The van der Waals surface area contributed by atoms with Crippen LogP contribution in [0.15, 0.2) is 24.3 Å². The van der Waals surface area contributed by atoms with E-state index in [1.807, 2.05) is 6.92 Å². The highest BCUT2D eigenvalue weighted by Gasteiger charge is 2.49. The summed E-state index contributed by atoms with van der Waals surface area (Å²) in [6, 6.07) is 8.57. The molecule has 0 aliphatic carbocycles. The molecule has 3 heterocycles. The van der Waals surface area contributed by atoms with E-state index in [0.717, 1.165) is 44.2 Å². The van der Waals surface area contributed by atoms with E-state index in [0.29, 0.717) is 18.4 Å². The normalized spacial score (nSPS) is 22.3. The van der Waals surface area contributed by atoms with E-state index < -0.39 is 0 Å². The Morgan fingerprint density at radius 2 is 2.03 bits per heavy atom. The lowest BCUT2D eigenvalue weighted by Crippen LogP contribution is -2.38. The summed E-state index contributed by atoms with van der Waals surface area (Å²) < 4.78 is 5.44. The zero-order valence-corrected chi connectivity index (χ0v) is 19.0. The quantitative estimate of drug-likeness (QED) is 0.630. The Morgan fingerprint density at radius 1 is 1.28 bits per heavy atom. The van der Waals surface area contributed by atoms with Gasteiger partial charge in [0.25, 0.3) is 6.47 Å². The molecule has 1 aromatic heterocycles. The summed E-state index contributed by atoms with van der Waals surface area (Å²) in [5, 5.41) is 14.2. The first-order chi connectivity index (χ1) is 15.5. The van der Waals surface area contributed by atoms with E-state index in [-0.39, 0.29) is 25.0 Å². The van der Waals surface area contributed by atoms with E-state index in [4.69, 9.17) is 14.6 Å². The fourth-order valence-electron chi connectivity index (χ4n) is 4.89. The zero-order chi connectivity index (χ0) is 23.1. The predicted molar refractivity (Wildman–Crippen MR) is 119 cm³/mol. The van der Waals surface area contributed by atoms with Gasteiger partial charge in [-0.2, -0.15) is 5.10 Å². The standard InChI is InChI=1S/C22H31N5O2.CH2O2/c1-4-19-23-20(25-24-19)13-26-10-16-11-27(21(28)14-29-5-2)22(18(16)12-26)17-9-7-6-8-15(17)3;2-1-3/h6-9,16,18,22H,4-5,10-14H2,1-3H3,(H,23,24,25);1H,(H,2,3)/t16-,18-,22-;/m0./s1. The molecule has 32 heavy (non-hydrogen) atoms. The molecule has 0 bridgehead atoms. The fraction of sp³-hybridized carbons (Fsp3) is 0.565. The summed E-state index contributed by atoms with van der Waals surface area (Å²) in [4.78, 5) is 30.3. The van der Waals surface area contributed by atoms with E-state index in [2.05, 4.69) is 63.1 Å². The molecule has 2 N–H and O–H groups in total. The van der Waals surface area contributed by atoms with Gasteiger partial charge in [0, 0.05) is 38.6 Å². The highest BCUT2D eigenvalue weighted by molar-refractivity contribution is 5.78. The van der Waals surface area contributed by atoms with Gasteiger partial charge < -0.3 is 14.7 Å². The molecule has 9 nitrogen and oxygen atoms in total. The number of hydrogen-bond acceptors (Lipinski definition) is 6. The number of aryl methyl sites for hydroxylation is 2. The van der Waals surface area contributed by atoms with Crippen LogP contribution in [0.5, 0.6) is 0 Å². The molecule has 0 saturated carbocycles. The maximum absolute atomic E-state index is 12.9. The second kappa shape index (κ2) is 11.2. The zero-order valence-electron chi connectivity index (χ0n) is 19.0.